The second kappa shape index (κ2) is 7.27. The number of nitriles is 1. The van der Waals surface area contributed by atoms with Gasteiger partial charge in [0.25, 0.3) is 0 Å². The minimum atomic E-state index is -0.975. The van der Waals surface area contributed by atoms with Crippen molar-refractivity contribution in [3.63, 3.8) is 0 Å². The van der Waals surface area contributed by atoms with E-state index in [2.05, 4.69) is 5.32 Å². The van der Waals surface area contributed by atoms with Crippen LogP contribution in [-0.4, -0.2) is 24.1 Å². The maximum absolute atomic E-state index is 11.3. The number of thiocarbonyl (C=S) groups is 1. The Kier molecular flexibility index (Phi) is 6.68. The minimum Gasteiger partial charge on any atom is -0.464 e. The van der Waals surface area contributed by atoms with E-state index in [4.69, 9.17) is 22.2 Å². The summed E-state index contributed by atoms with van der Waals surface area (Å²) in [6, 6.07) is 1.82. The highest BCUT2D eigenvalue weighted by atomic mass is 32.1. The van der Waals surface area contributed by atoms with Gasteiger partial charge < -0.3 is 10.1 Å². The van der Waals surface area contributed by atoms with Crippen molar-refractivity contribution in [3.8, 4) is 6.07 Å². The third kappa shape index (κ3) is 4.19. The van der Waals surface area contributed by atoms with Crippen molar-refractivity contribution in [1.82, 2.24) is 5.32 Å². The SMILES string of the molecule is CCCOC(=O)C(C#N)C(=S)NCC. The number of carbonyl (C=O) groups excluding carboxylic acids is 1. The lowest BCUT2D eigenvalue weighted by molar-refractivity contribution is -0.144. The third-order valence-electron chi connectivity index (χ3n) is 1.43. The van der Waals surface area contributed by atoms with Crippen molar-refractivity contribution in [2.24, 2.45) is 5.92 Å². The number of nitrogens with one attached hydrogen (secondary N) is 1. The second-order valence-corrected chi connectivity index (χ2v) is 3.06. The van der Waals surface area contributed by atoms with E-state index in [-0.39, 0.29) is 4.99 Å². The van der Waals surface area contributed by atoms with Gasteiger partial charge in [0, 0.05) is 6.54 Å². The van der Waals surface area contributed by atoms with Gasteiger partial charge in [-0.25, -0.2) is 0 Å². The van der Waals surface area contributed by atoms with Gasteiger partial charge in [-0.1, -0.05) is 19.1 Å². The van der Waals surface area contributed by atoms with E-state index in [1.54, 1.807) is 0 Å². The maximum Gasteiger partial charge on any atom is 0.330 e. The zero-order valence-corrected chi connectivity index (χ0v) is 9.19. The van der Waals surface area contributed by atoms with E-state index < -0.39 is 11.9 Å². The van der Waals surface area contributed by atoms with Gasteiger partial charge in [0.2, 0.25) is 0 Å². The molecule has 0 aromatic carbocycles. The summed E-state index contributed by atoms with van der Waals surface area (Å²) in [5.74, 6) is -1.54. The summed E-state index contributed by atoms with van der Waals surface area (Å²) in [6.07, 6.45) is 0.734. The molecule has 0 aliphatic carbocycles. The Labute approximate surface area is 89.2 Å². The van der Waals surface area contributed by atoms with Gasteiger partial charge in [-0.05, 0) is 13.3 Å². The smallest absolute Gasteiger partial charge is 0.330 e. The van der Waals surface area contributed by atoms with Crippen LogP contribution < -0.4 is 5.32 Å². The molecule has 0 saturated heterocycles. The molecule has 0 fully saturated rings. The Morgan fingerprint density at radius 2 is 2.29 bits per heavy atom. The molecule has 4 nitrogen and oxygen atoms in total. The molecule has 0 aliphatic heterocycles. The molecule has 1 atom stereocenters. The predicted octanol–water partition coefficient (Wildman–Crippen LogP) is 1.02. The number of ether oxygens (including phenoxy) is 1. The summed E-state index contributed by atoms with van der Waals surface area (Å²) in [7, 11) is 0. The quantitative estimate of drug-likeness (QED) is 0.547. The lowest BCUT2D eigenvalue weighted by atomic mass is 10.2. The molecular weight excluding hydrogens is 200 g/mol. The summed E-state index contributed by atoms with van der Waals surface area (Å²) >= 11 is 4.87. The first-order chi connectivity index (χ1) is 6.67. The van der Waals surface area contributed by atoms with Crippen molar-refractivity contribution in [1.29, 1.82) is 5.26 Å². The normalized spacial score (nSPS) is 11.2. The summed E-state index contributed by atoms with van der Waals surface area (Å²) < 4.78 is 4.82. The first-order valence-corrected chi connectivity index (χ1v) is 4.92. The molecule has 0 aliphatic rings. The summed E-state index contributed by atoms with van der Waals surface area (Å²) in [5.41, 5.74) is 0. The van der Waals surface area contributed by atoms with Crippen LogP contribution in [-0.2, 0) is 9.53 Å². The Balaban J connectivity index is 4.20. The molecule has 0 spiro atoms. The van der Waals surface area contributed by atoms with Crippen LogP contribution in [0.25, 0.3) is 0 Å². The predicted molar refractivity (Wildman–Crippen MR) is 56.6 cm³/mol. The fourth-order valence-corrected chi connectivity index (χ4v) is 1.07. The zero-order valence-electron chi connectivity index (χ0n) is 8.37. The van der Waals surface area contributed by atoms with Crippen LogP contribution >= 0.6 is 12.2 Å². The van der Waals surface area contributed by atoms with Crippen molar-refractivity contribution >= 4 is 23.2 Å². The van der Waals surface area contributed by atoms with E-state index in [9.17, 15) is 4.79 Å². The molecular formula is C9H14N2O2S. The Morgan fingerprint density at radius 3 is 2.71 bits per heavy atom. The molecule has 1 N–H and O–H groups in total. The number of nitrogens with zero attached hydrogens (tertiary/aromatic N) is 1. The molecule has 0 amide bonds. The van der Waals surface area contributed by atoms with Crippen LogP contribution in [0.1, 0.15) is 20.3 Å². The molecule has 78 valence electrons. The van der Waals surface area contributed by atoms with E-state index in [1.807, 2.05) is 19.9 Å². The highest BCUT2D eigenvalue weighted by Gasteiger charge is 2.23. The summed E-state index contributed by atoms with van der Waals surface area (Å²) in [5, 5.41) is 11.5. The standard InChI is InChI=1S/C9H14N2O2S/c1-3-5-13-9(12)7(6-10)8(14)11-4-2/h7H,3-5H2,1-2H3,(H,11,14). The zero-order chi connectivity index (χ0) is 11.0. The van der Waals surface area contributed by atoms with E-state index in [1.165, 1.54) is 0 Å². The molecule has 0 heterocycles. The molecule has 14 heavy (non-hydrogen) atoms. The Hall–Kier alpha value is -1.15. The molecule has 1 unspecified atom stereocenters. The van der Waals surface area contributed by atoms with Gasteiger partial charge in [-0.3, -0.25) is 4.79 Å². The van der Waals surface area contributed by atoms with E-state index >= 15 is 0 Å². The number of hydrogen-bond acceptors (Lipinski definition) is 4. The van der Waals surface area contributed by atoms with Crippen molar-refractivity contribution in [2.45, 2.75) is 20.3 Å². The maximum atomic E-state index is 11.3. The average Bonchev–Trinajstić information content (AvgIpc) is 2.16. The van der Waals surface area contributed by atoms with Crippen molar-refractivity contribution < 1.29 is 9.53 Å². The fraction of sp³-hybridized carbons (Fsp3) is 0.667. The van der Waals surface area contributed by atoms with Gasteiger partial charge >= 0.3 is 5.97 Å². The first kappa shape index (κ1) is 12.8. The third-order valence-corrected chi connectivity index (χ3v) is 1.81. The highest BCUT2D eigenvalue weighted by Crippen LogP contribution is 2.01. The number of rotatable bonds is 5. The van der Waals surface area contributed by atoms with Crippen LogP contribution in [0.2, 0.25) is 0 Å². The number of carbonyl (C=O) groups is 1. The molecule has 0 saturated carbocycles. The van der Waals surface area contributed by atoms with Crippen LogP contribution in [0.4, 0.5) is 0 Å². The molecule has 0 aromatic heterocycles. The molecule has 5 heteroatoms. The van der Waals surface area contributed by atoms with Crippen LogP contribution in [0.3, 0.4) is 0 Å². The minimum absolute atomic E-state index is 0.233. The number of esters is 1. The van der Waals surface area contributed by atoms with E-state index in [0.29, 0.717) is 13.2 Å². The molecule has 0 aromatic rings. The average molecular weight is 214 g/mol. The molecule has 0 radical (unpaired) electrons. The van der Waals surface area contributed by atoms with Crippen LogP contribution in [0.5, 0.6) is 0 Å². The summed E-state index contributed by atoms with van der Waals surface area (Å²) in [4.78, 5) is 11.5. The second-order valence-electron chi connectivity index (χ2n) is 2.62. The molecule has 0 bridgehead atoms. The van der Waals surface area contributed by atoms with Gasteiger partial charge in [-0.2, -0.15) is 5.26 Å². The summed E-state index contributed by atoms with van der Waals surface area (Å²) in [6.45, 7) is 4.65. The molecule has 0 rings (SSSR count). The van der Waals surface area contributed by atoms with Gasteiger partial charge in [0.15, 0.2) is 5.92 Å². The Bertz CT molecular complexity index is 248. The van der Waals surface area contributed by atoms with E-state index in [0.717, 1.165) is 6.42 Å². The van der Waals surface area contributed by atoms with Crippen molar-refractivity contribution in [2.75, 3.05) is 13.2 Å². The van der Waals surface area contributed by atoms with Gasteiger partial charge in [0.05, 0.1) is 12.7 Å². The van der Waals surface area contributed by atoms with Crippen molar-refractivity contribution in [3.05, 3.63) is 0 Å². The lowest BCUT2D eigenvalue weighted by Gasteiger charge is -2.10. The fourth-order valence-electron chi connectivity index (χ4n) is 0.781. The first-order valence-electron chi connectivity index (χ1n) is 4.51. The Morgan fingerprint density at radius 1 is 1.64 bits per heavy atom. The number of hydrogen-bond donors (Lipinski definition) is 1. The lowest BCUT2D eigenvalue weighted by Crippen LogP contribution is -2.34. The monoisotopic (exact) mass is 214 g/mol. The van der Waals surface area contributed by atoms with Gasteiger partial charge in [-0.15, -0.1) is 0 Å². The highest BCUT2D eigenvalue weighted by molar-refractivity contribution is 7.80. The van der Waals surface area contributed by atoms with Crippen LogP contribution in [0.15, 0.2) is 0 Å². The van der Waals surface area contributed by atoms with Crippen LogP contribution in [0, 0.1) is 17.2 Å². The largest absolute Gasteiger partial charge is 0.464 e. The van der Waals surface area contributed by atoms with Gasteiger partial charge in [0.1, 0.15) is 4.99 Å². The topological polar surface area (TPSA) is 62.1 Å².